The van der Waals surface area contributed by atoms with Crippen LogP contribution in [0, 0.1) is 0 Å². The number of aromatic nitrogens is 4. The summed E-state index contributed by atoms with van der Waals surface area (Å²) in [4.78, 5) is 0. The largest absolute Gasteiger partial charge is 0.491 e. The maximum atomic E-state index is 6.01. The molecule has 1 aromatic heterocycles. The third-order valence-electron chi connectivity index (χ3n) is 2.35. The van der Waals surface area contributed by atoms with Gasteiger partial charge in [-0.3, -0.25) is 0 Å². The van der Waals surface area contributed by atoms with Crippen LogP contribution in [0.5, 0.6) is 5.75 Å². The van der Waals surface area contributed by atoms with Crippen molar-refractivity contribution in [2.45, 2.75) is 19.9 Å². The minimum atomic E-state index is 0.456. The highest BCUT2D eigenvalue weighted by Gasteiger charge is 2.06. The van der Waals surface area contributed by atoms with E-state index in [2.05, 4.69) is 32.9 Å². The second-order valence-electron chi connectivity index (χ2n) is 3.75. The SMILES string of the molecule is CCCOc1cccc(NCc2nn[nH]n2)c1N. The van der Waals surface area contributed by atoms with Crippen molar-refractivity contribution >= 4 is 11.4 Å². The molecule has 0 aliphatic carbocycles. The van der Waals surface area contributed by atoms with Gasteiger partial charge in [-0.1, -0.05) is 18.2 Å². The van der Waals surface area contributed by atoms with Crippen molar-refractivity contribution < 1.29 is 4.74 Å². The molecular formula is C11H16N6O. The molecule has 4 N–H and O–H groups in total. The number of nitrogens with two attached hydrogens (primary N) is 1. The van der Waals surface area contributed by atoms with E-state index in [0.717, 1.165) is 12.1 Å². The number of aromatic amines is 1. The average molecular weight is 248 g/mol. The lowest BCUT2D eigenvalue weighted by Crippen LogP contribution is -2.06. The molecule has 0 saturated carbocycles. The number of anilines is 2. The zero-order valence-corrected chi connectivity index (χ0v) is 10.2. The Morgan fingerprint density at radius 1 is 1.44 bits per heavy atom. The van der Waals surface area contributed by atoms with Crippen molar-refractivity contribution in [1.82, 2.24) is 20.6 Å². The first-order valence-electron chi connectivity index (χ1n) is 5.78. The Kier molecular flexibility index (Phi) is 3.95. The number of benzene rings is 1. The molecule has 18 heavy (non-hydrogen) atoms. The molecule has 96 valence electrons. The van der Waals surface area contributed by atoms with Crippen molar-refractivity contribution in [3.05, 3.63) is 24.0 Å². The molecule has 0 atom stereocenters. The van der Waals surface area contributed by atoms with Crippen LogP contribution in [0.1, 0.15) is 19.2 Å². The molecule has 0 spiro atoms. The number of hydrogen-bond donors (Lipinski definition) is 3. The van der Waals surface area contributed by atoms with Crippen molar-refractivity contribution in [3.8, 4) is 5.75 Å². The summed E-state index contributed by atoms with van der Waals surface area (Å²) in [5, 5.41) is 16.7. The summed E-state index contributed by atoms with van der Waals surface area (Å²) >= 11 is 0. The van der Waals surface area contributed by atoms with E-state index in [0.29, 0.717) is 30.4 Å². The summed E-state index contributed by atoms with van der Waals surface area (Å²) in [6, 6.07) is 5.62. The first kappa shape index (κ1) is 12.2. The quantitative estimate of drug-likeness (QED) is 0.663. The van der Waals surface area contributed by atoms with Crippen molar-refractivity contribution in [1.29, 1.82) is 0 Å². The summed E-state index contributed by atoms with van der Waals surface area (Å²) < 4.78 is 5.55. The number of tetrazole rings is 1. The third-order valence-corrected chi connectivity index (χ3v) is 2.35. The van der Waals surface area contributed by atoms with Gasteiger partial charge in [0.15, 0.2) is 5.82 Å². The van der Waals surface area contributed by atoms with E-state index in [9.17, 15) is 0 Å². The van der Waals surface area contributed by atoms with Crippen LogP contribution in [0.4, 0.5) is 11.4 Å². The second kappa shape index (κ2) is 5.85. The summed E-state index contributed by atoms with van der Waals surface area (Å²) in [6.07, 6.45) is 0.944. The number of hydrogen-bond acceptors (Lipinski definition) is 6. The molecule has 0 unspecified atom stereocenters. The van der Waals surface area contributed by atoms with Crippen LogP contribution in [0.25, 0.3) is 0 Å². The Bertz CT molecular complexity index is 484. The predicted octanol–water partition coefficient (Wildman–Crippen LogP) is 1.18. The van der Waals surface area contributed by atoms with Gasteiger partial charge in [-0.2, -0.15) is 5.21 Å². The molecule has 1 aromatic carbocycles. The van der Waals surface area contributed by atoms with E-state index in [1.54, 1.807) is 0 Å². The van der Waals surface area contributed by atoms with E-state index >= 15 is 0 Å². The van der Waals surface area contributed by atoms with Crippen LogP contribution in [0.15, 0.2) is 18.2 Å². The van der Waals surface area contributed by atoms with Crippen LogP contribution in [0.3, 0.4) is 0 Å². The lowest BCUT2D eigenvalue weighted by atomic mass is 10.2. The predicted molar refractivity (Wildman–Crippen MR) is 68.1 cm³/mol. The molecule has 2 rings (SSSR count). The molecule has 0 amide bonds. The highest BCUT2D eigenvalue weighted by molar-refractivity contribution is 5.72. The molecule has 0 aliphatic heterocycles. The van der Waals surface area contributed by atoms with Crippen LogP contribution in [0.2, 0.25) is 0 Å². The number of rotatable bonds is 6. The highest BCUT2D eigenvalue weighted by atomic mass is 16.5. The van der Waals surface area contributed by atoms with Crippen molar-refractivity contribution in [2.75, 3.05) is 17.7 Å². The van der Waals surface area contributed by atoms with Gasteiger partial charge in [-0.15, -0.1) is 10.2 Å². The summed E-state index contributed by atoms with van der Waals surface area (Å²) in [5.41, 5.74) is 7.40. The van der Waals surface area contributed by atoms with Gasteiger partial charge in [0.1, 0.15) is 5.75 Å². The summed E-state index contributed by atoms with van der Waals surface area (Å²) in [7, 11) is 0. The zero-order valence-electron chi connectivity index (χ0n) is 10.2. The molecule has 7 nitrogen and oxygen atoms in total. The van der Waals surface area contributed by atoms with E-state index in [1.165, 1.54) is 0 Å². The van der Waals surface area contributed by atoms with Crippen LogP contribution < -0.4 is 15.8 Å². The number of nitrogen functional groups attached to an aromatic ring is 1. The standard InChI is InChI=1S/C11H16N6O/c1-2-6-18-9-5-3-4-8(11(9)12)13-7-10-14-16-17-15-10/h3-5,13H,2,6-7,12H2,1H3,(H,14,15,16,17). The van der Waals surface area contributed by atoms with E-state index in [-0.39, 0.29) is 0 Å². The molecule has 0 fully saturated rings. The molecule has 0 bridgehead atoms. The third kappa shape index (κ3) is 2.88. The maximum absolute atomic E-state index is 6.01. The van der Waals surface area contributed by atoms with Gasteiger partial charge in [-0.25, -0.2) is 0 Å². The van der Waals surface area contributed by atoms with Gasteiger partial charge >= 0.3 is 0 Å². The molecule has 7 heteroatoms. The Morgan fingerprint density at radius 2 is 2.33 bits per heavy atom. The van der Waals surface area contributed by atoms with Gasteiger partial charge in [-0.05, 0) is 18.6 Å². The van der Waals surface area contributed by atoms with Crippen molar-refractivity contribution in [3.63, 3.8) is 0 Å². The lowest BCUT2D eigenvalue weighted by Gasteiger charge is -2.12. The van der Waals surface area contributed by atoms with Gasteiger partial charge in [0.25, 0.3) is 0 Å². The first-order valence-corrected chi connectivity index (χ1v) is 5.78. The van der Waals surface area contributed by atoms with E-state index < -0.39 is 0 Å². The van der Waals surface area contributed by atoms with Gasteiger partial charge in [0.05, 0.1) is 24.5 Å². The summed E-state index contributed by atoms with van der Waals surface area (Å²) in [5.74, 6) is 1.27. The lowest BCUT2D eigenvalue weighted by molar-refractivity contribution is 0.319. The number of ether oxygens (including phenoxy) is 1. The van der Waals surface area contributed by atoms with E-state index in [1.807, 2.05) is 18.2 Å². The summed E-state index contributed by atoms with van der Waals surface area (Å²) in [6.45, 7) is 3.16. The highest BCUT2D eigenvalue weighted by Crippen LogP contribution is 2.29. The van der Waals surface area contributed by atoms with Gasteiger partial charge in [0.2, 0.25) is 0 Å². The Morgan fingerprint density at radius 3 is 3.06 bits per heavy atom. The first-order chi connectivity index (χ1) is 8.81. The molecule has 0 aliphatic rings. The van der Waals surface area contributed by atoms with Crippen LogP contribution >= 0.6 is 0 Å². The van der Waals surface area contributed by atoms with Crippen LogP contribution in [-0.2, 0) is 6.54 Å². The Labute approximate surface area is 105 Å². The van der Waals surface area contributed by atoms with Gasteiger partial charge in [0, 0.05) is 0 Å². The minimum absolute atomic E-state index is 0.456. The average Bonchev–Trinajstić information content (AvgIpc) is 2.89. The number of nitrogens with one attached hydrogen (secondary N) is 2. The topological polar surface area (TPSA) is 102 Å². The smallest absolute Gasteiger partial charge is 0.193 e. The molecular weight excluding hydrogens is 232 g/mol. The second-order valence-corrected chi connectivity index (χ2v) is 3.75. The van der Waals surface area contributed by atoms with Crippen LogP contribution in [-0.4, -0.2) is 27.2 Å². The molecule has 2 aromatic rings. The molecule has 1 heterocycles. The Hall–Kier alpha value is -2.31. The number of H-pyrrole nitrogens is 1. The fourth-order valence-electron chi connectivity index (χ4n) is 1.47. The normalized spacial score (nSPS) is 10.3. The minimum Gasteiger partial charge on any atom is -0.491 e. The monoisotopic (exact) mass is 248 g/mol. The fraction of sp³-hybridized carbons (Fsp3) is 0.364. The molecule has 0 radical (unpaired) electrons. The number of nitrogens with zero attached hydrogens (tertiary/aromatic N) is 3. The van der Waals surface area contributed by atoms with Gasteiger partial charge < -0.3 is 15.8 Å². The number of para-hydroxylation sites is 1. The Balaban J connectivity index is 2.03. The molecule has 0 saturated heterocycles. The van der Waals surface area contributed by atoms with E-state index in [4.69, 9.17) is 10.5 Å². The maximum Gasteiger partial charge on any atom is 0.193 e. The zero-order chi connectivity index (χ0) is 12.8. The fourth-order valence-corrected chi connectivity index (χ4v) is 1.47. The van der Waals surface area contributed by atoms with Crippen molar-refractivity contribution in [2.24, 2.45) is 0 Å².